The number of nitrogens with zero attached hydrogens (tertiary/aromatic N) is 3. The number of aromatic nitrogens is 2. The molecule has 98 valence electrons. The summed E-state index contributed by atoms with van der Waals surface area (Å²) >= 11 is 0. The van der Waals surface area contributed by atoms with Gasteiger partial charge in [0, 0.05) is 32.9 Å². The van der Waals surface area contributed by atoms with Crippen LogP contribution in [0.1, 0.15) is 25.6 Å². The molecule has 0 bridgehead atoms. The summed E-state index contributed by atoms with van der Waals surface area (Å²) in [6.07, 6.45) is 5.20. The minimum Gasteiger partial charge on any atom is -0.345 e. The van der Waals surface area contributed by atoms with Gasteiger partial charge in [-0.05, 0) is 12.8 Å². The highest BCUT2D eigenvalue weighted by Gasteiger charge is 2.29. The Morgan fingerprint density at radius 1 is 1.61 bits per heavy atom. The molecule has 1 aromatic heterocycles. The first-order chi connectivity index (χ1) is 8.58. The first-order valence-electron chi connectivity index (χ1n) is 6.10. The first-order valence-corrected chi connectivity index (χ1v) is 6.10. The minimum absolute atomic E-state index is 0.0144. The molecule has 2 amide bonds. The van der Waals surface area contributed by atoms with Crippen LogP contribution in [0.4, 0.5) is 0 Å². The summed E-state index contributed by atoms with van der Waals surface area (Å²) in [5.74, 6) is 0.679. The van der Waals surface area contributed by atoms with E-state index >= 15 is 0 Å². The van der Waals surface area contributed by atoms with Crippen molar-refractivity contribution in [3.05, 3.63) is 18.2 Å². The summed E-state index contributed by atoms with van der Waals surface area (Å²) in [4.78, 5) is 29.2. The number of amides is 2. The van der Waals surface area contributed by atoms with Crippen LogP contribution in [0, 0.1) is 0 Å². The van der Waals surface area contributed by atoms with Crippen LogP contribution in [0.5, 0.6) is 0 Å². The second kappa shape index (κ2) is 5.20. The fraction of sp³-hybridized carbons (Fsp3) is 0.583. The van der Waals surface area contributed by atoms with Crippen molar-refractivity contribution >= 4 is 11.8 Å². The molecule has 1 N–H and O–H groups in total. The van der Waals surface area contributed by atoms with Crippen LogP contribution in [0.15, 0.2) is 12.4 Å². The Morgan fingerprint density at radius 2 is 2.39 bits per heavy atom. The number of rotatable bonds is 3. The molecular formula is C12H18N4O2. The van der Waals surface area contributed by atoms with Crippen LogP contribution in [-0.4, -0.2) is 38.9 Å². The second-order valence-electron chi connectivity index (χ2n) is 4.61. The zero-order chi connectivity index (χ0) is 13.1. The van der Waals surface area contributed by atoms with Crippen molar-refractivity contribution in [2.24, 2.45) is 7.05 Å². The number of likely N-dealkylation sites (tertiary alicyclic amines) is 1. The zero-order valence-corrected chi connectivity index (χ0v) is 10.7. The maximum absolute atomic E-state index is 12.2. The van der Waals surface area contributed by atoms with E-state index in [9.17, 15) is 9.59 Å². The molecule has 1 fully saturated rings. The molecular weight excluding hydrogens is 232 g/mol. The van der Waals surface area contributed by atoms with Crippen molar-refractivity contribution in [3.8, 4) is 0 Å². The smallest absolute Gasteiger partial charge is 0.245 e. The van der Waals surface area contributed by atoms with Crippen molar-refractivity contribution in [2.45, 2.75) is 32.4 Å². The van der Waals surface area contributed by atoms with Gasteiger partial charge in [-0.3, -0.25) is 9.59 Å². The molecule has 18 heavy (non-hydrogen) atoms. The van der Waals surface area contributed by atoms with Crippen molar-refractivity contribution in [1.29, 1.82) is 0 Å². The third-order valence-corrected chi connectivity index (χ3v) is 3.16. The molecule has 0 aromatic carbocycles. The van der Waals surface area contributed by atoms with Gasteiger partial charge in [0.15, 0.2) is 0 Å². The standard InChI is InChI=1S/C12H18N4O2/c1-9(17)14-10-4-3-6-16(12(10)18)8-11-13-5-7-15(11)2/h5,7,10H,3-4,6,8H2,1-2H3,(H,14,17). The number of carbonyl (C=O) groups excluding carboxylic acids is 2. The van der Waals surface area contributed by atoms with Crippen molar-refractivity contribution in [3.63, 3.8) is 0 Å². The van der Waals surface area contributed by atoms with Gasteiger partial charge in [0.1, 0.15) is 11.9 Å². The second-order valence-corrected chi connectivity index (χ2v) is 4.61. The third-order valence-electron chi connectivity index (χ3n) is 3.16. The molecule has 2 heterocycles. The average Bonchev–Trinajstić information content (AvgIpc) is 2.70. The first kappa shape index (κ1) is 12.6. The summed E-state index contributed by atoms with van der Waals surface area (Å²) in [6.45, 7) is 2.66. The lowest BCUT2D eigenvalue weighted by atomic mass is 10.0. The Labute approximate surface area is 106 Å². The fourth-order valence-electron chi connectivity index (χ4n) is 2.20. The quantitative estimate of drug-likeness (QED) is 0.824. The highest BCUT2D eigenvalue weighted by atomic mass is 16.2. The number of aryl methyl sites for hydroxylation is 1. The van der Waals surface area contributed by atoms with Crippen LogP contribution in [-0.2, 0) is 23.2 Å². The van der Waals surface area contributed by atoms with Crippen LogP contribution in [0.2, 0.25) is 0 Å². The number of imidazole rings is 1. The lowest BCUT2D eigenvalue weighted by Gasteiger charge is -2.32. The van der Waals surface area contributed by atoms with Crippen LogP contribution in [0.25, 0.3) is 0 Å². The van der Waals surface area contributed by atoms with E-state index in [1.165, 1.54) is 6.92 Å². The van der Waals surface area contributed by atoms with Crippen LogP contribution in [0.3, 0.4) is 0 Å². The number of nitrogens with one attached hydrogen (secondary N) is 1. The largest absolute Gasteiger partial charge is 0.345 e. The molecule has 6 nitrogen and oxygen atoms in total. The van der Waals surface area contributed by atoms with E-state index in [0.29, 0.717) is 6.54 Å². The van der Waals surface area contributed by atoms with E-state index in [4.69, 9.17) is 0 Å². The van der Waals surface area contributed by atoms with Crippen LogP contribution < -0.4 is 5.32 Å². The monoisotopic (exact) mass is 250 g/mol. The number of carbonyl (C=O) groups is 2. The van der Waals surface area contributed by atoms with E-state index < -0.39 is 0 Å². The topological polar surface area (TPSA) is 67.2 Å². The van der Waals surface area contributed by atoms with Gasteiger partial charge < -0.3 is 14.8 Å². The number of hydrogen-bond acceptors (Lipinski definition) is 3. The summed E-state index contributed by atoms with van der Waals surface area (Å²) in [5, 5.41) is 2.70. The van der Waals surface area contributed by atoms with E-state index in [0.717, 1.165) is 25.2 Å². The Kier molecular flexibility index (Phi) is 3.64. The highest BCUT2D eigenvalue weighted by molar-refractivity contribution is 5.87. The van der Waals surface area contributed by atoms with E-state index in [1.54, 1.807) is 11.1 Å². The summed E-state index contributed by atoms with van der Waals surface area (Å²) < 4.78 is 1.90. The van der Waals surface area contributed by atoms with Gasteiger partial charge in [0.25, 0.3) is 0 Å². The van der Waals surface area contributed by atoms with Gasteiger partial charge in [-0.1, -0.05) is 0 Å². The van der Waals surface area contributed by atoms with Gasteiger partial charge >= 0.3 is 0 Å². The molecule has 0 radical (unpaired) electrons. The normalized spacial score (nSPS) is 20.0. The molecule has 0 spiro atoms. The molecule has 1 aromatic rings. The zero-order valence-electron chi connectivity index (χ0n) is 10.7. The molecule has 1 aliphatic heterocycles. The van der Waals surface area contributed by atoms with Gasteiger partial charge in [0.05, 0.1) is 6.54 Å². The third kappa shape index (κ3) is 2.69. The van der Waals surface area contributed by atoms with E-state index in [2.05, 4.69) is 10.3 Å². The van der Waals surface area contributed by atoms with Crippen molar-refractivity contribution < 1.29 is 9.59 Å². The molecule has 1 atom stereocenters. The maximum atomic E-state index is 12.2. The van der Waals surface area contributed by atoms with Gasteiger partial charge in [0.2, 0.25) is 11.8 Å². The predicted molar refractivity (Wildman–Crippen MR) is 65.5 cm³/mol. The molecule has 1 aliphatic rings. The Bertz CT molecular complexity index is 455. The number of piperidine rings is 1. The fourth-order valence-corrected chi connectivity index (χ4v) is 2.20. The lowest BCUT2D eigenvalue weighted by molar-refractivity contribution is -0.139. The predicted octanol–water partition coefficient (Wildman–Crippen LogP) is 0.0472. The molecule has 1 unspecified atom stereocenters. The molecule has 2 rings (SSSR count). The molecule has 1 saturated heterocycles. The van der Waals surface area contributed by atoms with E-state index in [1.807, 2.05) is 17.8 Å². The summed E-state index contributed by atoms with van der Waals surface area (Å²) in [7, 11) is 1.90. The maximum Gasteiger partial charge on any atom is 0.245 e. The Balaban J connectivity index is 2.02. The molecule has 0 saturated carbocycles. The van der Waals surface area contributed by atoms with Gasteiger partial charge in [-0.2, -0.15) is 0 Å². The van der Waals surface area contributed by atoms with Crippen molar-refractivity contribution in [2.75, 3.05) is 6.54 Å². The average molecular weight is 250 g/mol. The lowest BCUT2D eigenvalue weighted by Crippen LogP contribution is -2.51. The SMILES string of the molecule is CC(=O)NC1CCCN(Cc2nccn2C)C1=O. The van der Waals surface area contributed by atoms with Crippen molar-refractivity contribution in [1.82, 2.24) is 19.8 Å². The molecule has 6 heteroatoms. The summed E-state index contributed by atoms with van der Waals surface area (Å²) in [6, 6.07) is -0.378. The minimum atomic E-state index is -0.378. The highest BCUT2D eigenvalue weighted by Crippen LogP contribution is 2.14. The Morgan fingerprint density at radius 3 is 3.00 bits per heavy atom. The van der Waals surface area contributed by atoms with E-state index in [-0.39, 0.29) is 17.9 Å². The molecule has 0 aliphatic carbocycles. The number of hydrogen-bond donors (Lipinski definition) is 1. The van der Waals surface area contributed by atoms with Gasteiger partial charge in [-0.15, -0.1) is 0 Å². The summed E-state index contributed by atoms with van der Waals surface area (Å²) in [5.41, 5.74) is 0. The Hall–Kier alpha value is -1.85. The van der Waals surface area contributed by atoms with Crippen LogP contribution >= 0.6 is 0 Å². The van der Waals surface area contributed by atoms with Gasteiger partial charge in [-0.25, -0.2) is 4.98 Å².